The highest BCUT2D eigenvalue weighted by atomic mass is 16.6. The SMILES string of the molecule is CCn1nccc1Nc1cc([N+](=O)[O-])ccc1C(=O)O. The fraction of sp³-hybridized carbons (Fsp3) is 0.167. The van der Waals surface area contributed by atoms with Gasteiger partial charge in [-0.1, -0.05) is 0 Å². The molecule has 0 bridgehead atoms. The zero-order valence-corrected chi connectivity index (χ0v) is 10.6. The topological polar surface area (TPSA) is 110 Å². The van der Waals surface area contributed by atoms with Crippen molar-refractivity contribution < 1.29 is 14.8 Å². The van der Waals surface area contributed by atoms with Gasteiger partial charge in [0.1, 0.15) is 5.82 Å². The summed E-state index contributed by atoms with van der Waals surface area (Å²) in [4.78, 5) is 21.4. The van der Waals surface area contributed by atoms with Crippen LogP contribution < -0.4 is 5.32 Å². The third kappa shape index (κ3) is 2.58. The lowest BCUT2D eigenvalue weighted by Gasteiger charge is -2.10. The van der Waals surface area contributed by atoms with E-state index >= 15 is 0 Å². The van der Waals surface area contributed by atoms with Crippen LogP contribution in [0.15, 0.2) is 30.5 Å². The predicted octanol–water partition coefficient (Wildman–Crippen LogP) is 2.25. The van der Waals surface area contributed by atoms with Gasteiger partial charge < -0.3 is 10.4 Å². The van der Waals surface area contributed by atoms with Crippen LogP contribution in [0.5, 0.6) is 0 Å². The van der Waals surface area contributed by atoms with Gasteiger partial charge >= 0.3 is 5.97 Å². The molecule has 0 radical (unpaired) electrons. The van der Waals surface area contributed by atoms with Crippen molar-refractivity contribution in [2.75, 3.05) is 5.32 Å². The number of rotatable bonds is 5. The number of hydrogen-bond acceptors (Lipinski definition) is 5. The van der Waals surface area contributed by atoms with Crippen molar-refractivity contribution >= 4 is 23.2 Å². The molecule has 0 atom stereocenters. The lowest BCUT2D eigenvalue weighted by atomic mass is 10.1. The minimum Gasteiger partial charge on any atom is -0.478 e. The van der Waals surface area contributed by atoms with Crippen LogP contribution in [0, 0.1) is 10.1 Å². The minimum absolute atomic E-state index is 0.0422. The summed E-state index contributed by atoms with van der Waals surface area (Å²) in [7, 11) is 0. The van der Waals surface area contributed by atoms with Crippen LogP contribution in [0.25, 0.3) is 0 Å². The third-order valence-electron chi connectivity index (χ3n) is 2.72. The molecule has 0 aliphatic carbocycles. The largest absolute Gasteiger partial charge is 0.478 e. The number of nitro benzene ring substituents is 1. The van der Waals surface area contributed by atoms with Crippen molar-refractivity contribution in [3.63, 3.8) is 0 Å². The van der Waals surface area contributed by atoms with Gasteiger partial charge in [0, 0.05) is 24.7 Å². The quantitative estimate of drug-likeness (QED) is 0.640. The van der Waals surface area contributed by atoms with E-state index in [4.69, 9.17) is 5.11 Å². The maximum absolute atomic E-state index is 11.2. The number of aromatic carboxylic acids is 1. The molecule has 2 rings (SSSR count). The Hall–Kier alpha value is -2.90. The van der Waals surface area contributed by atoms with Crippen molar-refractivity contribution in [3.8, 4) is 0 Å². The van der Waals surface area contributed by atoms with Crippen LogP contribution in [0.3, 0.4) is 0 Å². The second-order valence-corrected chi connectivity index (χ2v) is 3.95. The van der Waals surface area contributed by atoms with Crippen LogP contribution in [0.2, 0.25) is 0 Å². The molecular weight excluding hydrogens is 264 g/mol. The highest BCUT2D eigenvalue weighted by molar-refractivity contribution is 5.95. The summed E-state index contributed by atoms with van der Waals surface area (Å²) in [5.41, 5.74) is -0.0681. The Morgan fingerprint density at radius 1 is 1.50 bits per heavy atom. The summed E-state index contributed by atoms with van der Waals surface area (Å²) in [5.74, 6) is -0.597. The van der Waals surface area contributed by atoms with E-state index in [-0.39, 0.29) is 16.9 Å². The number of carboxylic acids is 1. The Bertz CT molecular complexity index is 665. The fourth-order valence-electron chi connectivity index (χ4n) is 1.76. The van der Waals surface area contributed by atoms with Crippen LogP contribution in [0.4, 0.5) is 17.2 Å². The summed E-state index contributed by atoms with van der Waals surface area (Å²) >= 11 is 0. The Labute approximate surface area is 113 Å². The van der Waals surface area contributed by atoms with Crippen LogP contribution in [0.1, 0.15) is 17.3 Å². The molecule has 1 aromatic carbocycles. The number of nitro groups is 1. The van der Waals surface area contributed by atoms with Gasteiger partial charge in [0.25, 0.3) is 5.69 Å². The molecule has 104 valence electrons. The molecule has 0 aliphatic heterocycles. The van der Waals surface area contributed by atoms with Gasteiger partial charge in [-0.3, -0.25) is 10.1 Å². The van der Waals surface area contributed by atoms with Gasteiger partial charge in [0.15, 0.2) is 0 Å². The smallest absolute Gasteiger partial charge is 0.337 e. The van der Waals surface area contributed by atoms with E-state index in [1.54, 1.807) is 16.9 Å². The molecule has 1 heterocycles. The van der Waals surface area contributed by atoms with E-state index in [1.165, 1.54) is 12.1 Å². The van der Waals surface area contributed by atoms with Crippen LogP contribution in [-0.4, -0.2) is 25.8 Å². The lowest BCUT2D eigenvalue weighted by molar-refractivity contribution is -0.384. The van der Waals surface area contributed by atoms with Gasteiger partial charge in [-0.2, -0.15) is 5.10 Å². The van der Waals surface area contributed by atoms with E-state index in [2.05, 4.69) is 10.4 Å². The zero-order chi connectivity index (χ0) is 14.7. The Kier molecular flexibility index (Phi) is 3.65. The number of anilines is 2. The summed E-state index contributed by atoms with van der Waals surface area (Å²) in [6.45, 7) is 2.47. The number of benzene rings is 1. The summed E-state index contributed by atoms with van der Waals surface area (Å²) in [5, 5.41) is 26.8. The summed E-state index contributed by atoms with van der Waals surface area (Å²) in [6, 6.07) is 5.21. The number of aromatic nitrogens is 2. The summed E-state index contributed by atoms with van der Waals surface area (Å²) < 4.78 is 1.62. The first-order chi connectivity index (χ1) is 9.52. The molecule has 0 fully saturated rings. The molecule has 0 amide bonds. The fourth-order valence-corrected chi connectivity index (χ4v) is 1.76. The zero-order valence-electron chi connectivity index (χ0n) is 10.6. The molecule has 0 saturated carbocycles. The van der Waals surface area contributed by atoms with E-state index in [9.17, 15) is 14.9 Å². The van der Waals surface area contributed by atoms with Crippen molar-refractivity contribution in [1.82, 2.24) is 9.78 Å². The van der Waals surface area contributed by atoms with E-state index < -0.39 is 10.9 Å². The molecule has 2 aromatic rings. The van der Waals surface area contributed by atoms with Gasteiger partial charge in [0.05, 0.1) is 22.4 Å². The monoisotopic (exact) mass is 276 g/mol. The highest BCUT2D eigenvalue weighted by Crippen LogP contribution is 2.26. The highest BCUT2D eigenvalue weighted by Gasteiger charge is 2.16. The number of hydrogen-bond donors (Lipinski definition) is 2. The molecule has 8 nitrogen and oxygen atoms in total. The minimum atomic E-state index is -1.16. The number of nitrogens with one attached hydrogen (secondary N) is 1. The summed E-state index contributed by atoms with van der Waals surface area (Å²) in [6.07, 6.45) is 1.56. The first kappa shape index (κ1) is 13.5. The Morgan fingerprint density at radius 3 is 2.85 bits per heavy atom. The van der Waals surface area contributed by atoms with Gasteiger partial charge in [-0.15, -0.1) is 0 Å². The number of carboxylic acid groups (broad SMARTS) is 1. The molecule has 1 aromatic heterocycles. The maximum atomic E-state index is 11.2. The van der Waals surface area contributed by atoms with Crippen molar-refractivity contribution in [1.29, 1.82) is 0 Å². The molecule has 0 aliphatic rings. The second kappa shape index (κ2) is 5.39. The number of non-ortho nitro benzene ring substituents is 1. The van der Waals surface area contributed by atoms with Crippen molar-refractivity contribution in [2.45, 2.75) is 13.5 Å². The number of carbonyl (C=O) groups is 1. The second-order valence-electron chi connectivity index (χ2n) is 3.95. The lowest BCUT2D eigenvalue weighted by Crippen LogP contribution is -2.07. The number of nitrogens with zero attached hydrogens (tertiary/aromatic N) is 3. The molecule has 0 saturated heterocycles. The van der Waals surface area contributed by atoms with E-state index in [0.717, 1.165) is 6.07 Å². The van der Waals surface area contributed by atoms with Gasteiger partial charge in [-0.25, -0.2) is 9.48 Å². The molecule has 20 heavy (non-hydrogen) atoms. The standard InChI is InChI=1S/C12H12N4O4/c1-2-15-11(5-6-13-15)14-10-7-8(16(19)20)3-4-9(10)12(17)18/h3-7,14H,2H2,1H3,(H,17,18). The molecule has 8 heteroatoms. The Balaban J connectivity index is 2.45. The normalized spacial score (nSPS) is 10.2. The van der Waals surface area contributed by atoms with E-state index in [1.807, 2.05) is 6.92 Å². The maximum Gasteiger partial charge on any atom is 0.337 e. The predicted molar refractivity (Wildman–Crippen MR) is 71.2 cm³/mol. The third-order valence-corrected chi connectivity index (χ3v) is 2.72. The average molecular weight is 276 g/mol. The first-order valence-corrected chi connectivity index (χ1v) is 5.83. The molecule has 2 N–H and O–H groups in total. The number of aryl methyl sites for hydroxylation is 1. The van der Waals surface area contributed by atoms with Crippen LogP contribution in [-0.2, 0) is 6.54 Å². The molecular formula is C12H12N4O4. The molecule has 0 spiro atoms. The van der Waals surface area contributed by atoms with Crippen molar-refractivity contribution in [3.05, 3.63) is 46.1 Å². The van der Waals surface area contributed by atoms with E-state index in [0.29, 0.717) is 12.4 Å². The Morgan fingerprint density at radius 2 is 2.25 bits per heavy atom. The average Bonchev–Trinajstić information content (AvgIpc) is 2.85. The van der Waals surface area contributed by atoms with Gasteiger partial charge in [-0.05, 0) is 13.0 Å². The first-order valence-electron chi connectivity index (χ1n) is 5.83. The molecule has 0 unspecified atom stereocenters. The van der Waals surface area contributed by atoms with Crippen LogP contribution >= 0.6 is 0 Å². The van der Waals surface area contributed by atoms with Crippen molar-refractivity contribution in [2.24, 2.45) is 0 Å². The van der Waals surface area contributed by atoms with Gasteiger partial charge in [0.2, 0.25) is 0 Å².